The Morgan fingerprint density at radius 1 is 1.31 bits per heavy atom. The molecular weight excluding hydrogens is 266 g/mol. The standard InChI is InChI=1S/C13H18BrNO/c1-4-10-5-7-11(8-6-10)13(2,3)9-15-12(14)16/h5-8H,4,9H2,1-3H3,(H,15,16). The molecule has 1 N–H and O–H groups in total. The van der Waals surface area contributed by atoms with E-state index in [4.69, 9.17) is 0 Å². The number of hydrogen-bond acceptors (Lipinski definition) is 1. The van der Waals surface area contributed by atoms with Crippen molar-refractivity contribution in [3.63, 3.8) is 0 Å². The first-order valence-electron chi connectivity index (χ1n) is 5.48. The summed E-state index contributed by atoms with van der Waals surface area (Å²) in [7, 11) is 0. The highest BCUT2D eigenvalue weighted by molar-refractivity contribution is 9.18. The lowest BCUT2D eigenvalue weighted by molar-refractivity contribution is 0.259. The van der Waals surface area contributed by atoms with E-state index in [0.29, 0.717) is 6.54 Å². The molecule has 3 heteroatoms. The fraction of sp³-hybridized carbons (Fsp3) is 0.462. The Labute approximate surface area is 106 Å². The van der Waals surface area contributed by atoms with Crippen molar-refractivity contribution < 1.29 is 4.79 Å². The minimum Gasteiger partial charge on any atom is -0.346 e. The summed E-state index contributed by atoms with van der Waals surface area (Å²) >= 11 is 2.87. The van der Waals surface area contributed by atoms with Gasteiger partial charge in [-0.1, -0.05) is 45.0 Å². The Hall–Kier alpha value is -0.830. The zero-order valence-electron chi connectivity index (χ0n) is 10.0. The molecule has 0 heterocycles. The van der Waals surface area contributed by atoms with Gasteiger partial charge in [0.15, 0.2) is 0 Å². The number of amides is 1. The molecule has 0 saturated carbocycles. The van der Waals surface area contributed by atoms with E-state index in [9.17, 15) is 4.79 Å². The van der Waals surface area contributed by atoms with Gasteiger partial charge < -0.3 is 5.32 Å². The molecule has 0 spiro atoms. The van der Waals surface area contributed by atoms with Crippen LogP contribution >= 0.6 is 15.9 Å². The molecule has 16 heavy (non-hydrogen) atoms. The van der Waals surface area contributed by atoms with Crippen LogP contribution in [0.3, 0.4) is 0 Å². The van der Waals surface area contributed by atoms with Crippen LogP contribution < -0.4 is 5.32 Å². The Bertz CT molecular complexity index is 357. The molecular formula is C13H18BrNO. The lowest BCUT2D eigenvalue weighted by atomic mass is 9.84. The van der Waals surface area contributed by atoms with Crippen molar-refractivity contribution in [2.75, 3.05) is 6.54 Å². The van der Waals surface area contributed by atoms with Crippen molar-refractivity contribution in [2.45, 2.75) is 32.6 Å². The SMILES string of the molecule is CCc1ccc(C(C)(C)CNC(=O)Br)cc1. The monoisotopic (exact) mass is 283 g/mol. The lowest BCUT2D eigenvalue weighted by Crippen LogP contribution is -2.34. The molecule has 0 saturated heterocycles. The third kappa shape index (κ3) is 3.63. The largest absolute Gasteiger partial charge is 0.346 e. The number of hydrogen-bond donors (Lipinski definition) is 1. The second-order valence-corrected chi connectivity index (χ2v) is 5.28. The molecule has 0 aliphatic carbocycles. The number of halogens is 1. The zero-order valence-corrected chi connectivity index (χ0v) is 11.6. The van der Waals surface area contributed by atoms with Gasteiger partial charge in [-0.25, -0.2) is 0 Å². The molecule has 0 aromatic heterocycles. The van der Waals surface area contributed by atoms with Crippen molar-refractivity contribution >= 4 is 20.7 Å². The number of nitrogens with one attached hydrogen (secondary N) is 1. The van der Waals surface area contributed by atoms with Gasteiger partial charge in [0.25, 0.3) is 4.82 Å². The topological polar surface area (TPSA) is 29.1 Å². The highest BCUT2D eigenvalue weighted by Gasteiger charge is 2.20. The van der Waals surface area contributed by atoms with Crippen molar-refractivity contribution in [2.24, 2.45) is 0 Å². The van der Waals surface area contributed by atoms with E-state index in [1.807, 2.05) is 0 Å². The average Bonchev–Trinajstić information content (AvgIpc) is 2.27. The molecule has 0 aliphatic rings. The maximum atomic E-state index is 10.8. The third-order valence-electron chi connectivity index (χ3n) is 2.81. The molecule has 88 valence electrons. The van der Waals surface area contributed by atoms with E-state index in [2.05, 4.69) is 66.3 Å². The van der Waals surface area contributed by atoms with Crippen LogP contribution in [0.4, 0.5) is 4.79 Å². The Balaban J connectivity index is 2.76. The Morgan fingerprint density at radius 3 is 2.31 bits per heavy atom. The predicted molar refractivity (Wildman–Crippen MR) is 71.2 cm³/mol. The van der Waals surface area contributed by atoms with E-state index in [1.165, 1.54) is 11.1 Å². The van der Waals surface area contributed by atoms with Crippen LogP contribution in [0.15, 0.2) is 24.3 Å². The molecule has 0 fully saturated rings. The number of benzene rings is 1. The third-order valence-corrected chi connectivity index (χ3v) is 3.09. The van der Waals surface area contributed by atoms with Gasteiger partial charge in [-0.05, 0) is 17.5 Å². The second kappa shape index (κ2) is 5.48. The van der Waals surface area contributed by atoms with Gasteiger partial charge in [0.1, 0.15) is 0 Å². The average molecular weight is 284 g/mol. The summed E-state index contributed by atoms with van der Waals surface area (Å²) < 4.78 is 0. The first kappa shape index (κ1) is 13.2. The molecule has 1 aromatic rings. The van der Waals surface area contributed by atoms with E-state index >= 15 is 0 Å². The van der Waals surface area contributed by atoms with Crippen LogP contribution in [0, 0.1) is 0 Å². The number of carbonyl (C=O) groups is 1. The van der Waals surface area contributed by atoms with Crippen molar-refractivity contribution in [3.8, 4) is 0 Å². The first-order chi connectivity index (χ1) is 7.45. The highest BCUT2D eigenvalue weighted by Crippen LogP contribution is 2.22. The van der Waals surface area contributed by atoms with E-state index in [1.54, 1.807) is 0 Å². The smallest absolute Gasteiger partial charge is 0.287 e. The van der Waals surface area contributed by atoms with Gasteiger partial charge in [0, 0.05) is 27.9 Å². The molecule has 0 bridgehead atoms. The van der Waals surface area contributed by atoms with Crippen molar-refractivity contribution in [1.82, 2.24) is 5.32 Å². The summed E-state index contributed by atoms with van der Waals surface area (Å²) in [4.78, 5) is 10.7. The highest BCUT2D eigenvalue weighted by atomic mass is 79.9. The van der Waals surface area contributed by atoms with E-state index < -0.39 is 0 Å². The number of carbonyl (C=O) groups excluding carboxylic acids is 1. The first-order valence-corrected chi connectivity index (χ1v) is 6.28. The van der Waals surface area contributed by atoms with Gasteiger partial charge >= 0.3 is 0 Å². The lowest BCUT2D eigenvalue weighted by Gasteiger charge is -2.25. The van der Waals surface area contributed by atoms with Gasteiger partial charge in [0.05, 0.1) is 0 Å². The van der Waals surface area contributed by atoms with Crippen LogP contribution in [0.2, 0.25) is 0 Å². The quantitative estimate of drug-likeness (QED) is 0.664. The normalized spacial score (nSPS) is 11.2. The summed E-state index contributed by atoms with van der Waals surface area (Å²) in [6, 6.07) is 8.57. The number of aryl methyl sites for hydroxylation is 1. The van der Waals surface area contributed by atoms with Crippen molar-refractivity contribution in [1.29, 1.82) is 0 Å². The molecule has 0 atom stereocenters. The summed E-state index contributed by atoms with van der Waals surface area (Å²) in [6.07, 6.45) is 1.05. The fourth-order valence-corrected chi connectivity index (χ4v) is 1.72. The molecule has 0 aliphatic heterocycles. The fourth-order valence-electron chi connectivity index (χ4n) is 1.58. The van der Waals surface area contributed by atoms with Crippen LogP contribution in [0.25, 0.3) is 0 Å². The van der Waals surface area contributed by atoms with Crippen molar-refractivity contribution in [3.05, 3.63) is 35.4 Å². The molecule has 0 unspecified atom stereocenters. The van der Waals surface area contributed by atoms with Gasteiger partial charge in [0.2, 0.25) is 0 Å². The van der Waals surface area contributed by atoms with Gasteiger partial charge in [-0.2, -0.15) is 0 Å². The molecule has 2 nitrogen and oxygen atoms in total. The molecule has 1 aromatic carbocycles. The molecule has 0 radical (unpaired) electrons. The Morgan fingerprint density at radius 2 is 1.88 bits per heavy atom. The summed E-state index contributed by atoms with van der Waals surface area (Å²) in [6.45, 7) is 7.02. The van der Waals surface area contributed by atoms with Crippen LogP contribution in [0.5, 0.6) is 0 Å². The maximum absolute atomic E-state index is 10.8. The van der Waals surface area contributed by atoms with E-state index in [0.717, 1.165) is 6.42 Å². The minimum atomic E-state index is -0.161. The summed E-state index contributed by atoms with van der Waals surface area (Å²) in [5, 5.41) is 2.79. The minimum absolute atomic E-state index is 0.0459. The molecule has 1 amide bonds. The maximum Gasteiger partial charge on any atom is 0.287 e. The van der Waals surface area contributed by atoms with E-state index in [-0.39, 0.29) is 10.2 Å². The Kier molecular flexibility index (Phi) is 4.54. The molecule has 1 rings (SSSR count). The van der Waals surface area contributed by atoms with Crippen LogP contribution in [-0.4, -0.2) is 11.4 Å². The second-order valence-electron chi connectivity index (χ2n) is 4.56. The zero-order chi connectivity index (χ0) is 12.2. The summed E-state index contributed by atoms with van der Waals surface area (Å²) in [5.74, 6) is 0. The van der Waals surface area contributed by atoms with Gasteiger partial charge in [-0.15, -0.1) is 0 Å². The van der Waals surface area contributed by atoms with Gasteiger partial charge in [-0.3, -0.25) is 4.79 Å². The van der Waals surface area contributed by atoms with Crippen LogP contribution in [-0.2, 0) is 11.8 Å². The van der Waals surface area contributed by atoms with Crippen LogP contribution in [0.1, 0.15) is 31.9 Å². The number of rotatable bonds is 4. The summed E-state index contributed by atoms with van der Waals surface area (Å²) in [5.41, 5.74) is 2.53. The predicted octanol–water partition coefficient (Wildman–Crippen LogP) is 3.63.